The largest absolute Gasteiger partial charge is 0.497 e. The van der Waals surface area contributed by atoms with E-state index in [4.69, 9.17) is 4.74 Å². The van der Waals surface area contributed by atoms with Crippen LogP contribution in [0.3, 0.4) is 0 Å². The lowest BCUT2D eigenvalue weighted by atomic mass is 10.2. The molecule has 1 heterocycles. The van der Waals surface area contributed by atoms with Crippen LogP contribution in [0.25, 0.3) is 6.08 Å². The number of rotatable bonds is 3. The summed E-state index contributed by atoms with van der Waals surface area (Å²) < 4.78 is 29.1. The number of sulfone groups is 1. The quantitative estimate of drug-likeness (QED) is 0.792. The zero-order chi connectivity index (χ0) is 12.7. The Kier molecular flexibility index (Phi) is 2.91. The fraction of sp³-hybridized carbons (Fsp3) is 0.333. The van der Waals surface area contributed by atoms with E-state index in [1.54, 1.807) is 18.2 Å². The molecule has 1 aromatic carbocycles. The Morgan fingerprint density at radius 2 is 1.94 bits per heavy atom. The third-order valence-electron chi connectivity index (χ3n) is 2.41. The maximum Gasteiger partial charge on any atom is 0.200 e. The van der Waals surface area contributed by atoms with Crippen LogP contribution in [0.2, 0.25) is 19.6 Å². The molecule has 0 saturated carbocycles. The van der Waals surface area contributed by atoms with Gasteiger partial charge >= 0.3 is 0 Å². The zero-order valence-electron chi connectivity index (χ0n) is 10.2. The highest BCUT2D eigenvalue weighted by Gasteiger charge is 2.24. The van der Waals surface area contributed by atoms with Gasteiger partial charge in [0, 0.05) is 11.0 Å². The maximum atomic E-state index is 11.7. The van der Waals surface area contributed by atoms with Crippen LogP contribution < -0.4 is 4.74 Å². The summed E-state index contributed by atoms with van der Waals surface area (Å²) in [5.74, 6) is 0.669. The van der Waals surface area contributed by atoms with Gasteiger partial charge in [0.15, 0.2) is 0 Å². The van der Waals surface area contributed by atoms with Gasteiger partial charge in [-0.3, -0.25) is 0 Å². The number of benzene rings is 1. The van der Waals surface area contributed by atoms with Crippen LogP contribution in [-0.4, -0.2) is 22.7 Å². The van der Waals surface area contributed by atoms with Gasteiger partial charge in [-0.25, -0.2) is 8.42 Å². The molecule has 1 aromatic rings. The van der Waals surface area contributed by atoms with E-state index in [0.29, 0.717) is 22.4 Å². The molecule has 2 rings (SSSR count). The fourth-order valence-electron chi connectivity index (χ4n) is 1.59. The lowest BCUT2D eigenvalue weighted by Gasteiger charge is -2.18. The second kappa shape index (κ2) is 3.99. The first kappa shape index (κ1) is 12.4. The van der Waals surface area contributed by atoms with Crippen LogP contribution in [0, 0.1) is 0 Å². The van der Waals surface area contributed by atoms with E-state index >= 15 is 0 Å². The van der Waals surface area contributed by atoms with Crippen molar-refractivity contribution in [3.8, 4) is 5.75 Å². The van der Waals surface area contributed by atoms with Gasteiger partial charge in [0.1, 0.15) is 5.75 Å². The summed E-state index contributed by atoms with van der Waals surface area (Å²) >= 11 is 0. The Morgan fingerprint density at radius 1 is 1.24 bits per heavy atom. The van der Waals surface area contributed by atoms with Gasteiger partial charge in [0.2, 0.25) is 9.84 Å². The highest BCUT2D eigenvalue weighted by molar-refractivity contribution is 7.94. The van der Waals surface area contributed by atoms with Gasteiger partial charge in [0.25, 0.3) is 0 Å². The Hall–Kier alpha value is -1.07. The minimum Gasteiger partial charge on any atom is -0.497 e. The third kappa shape index (κ3) is 2.61. The molecule has 1 aliphatic rings. The second-order valence-electron chi connectivity index (χ2n) is 5.37. The molecule has 0 aromatic heterocycles. The normalized spacial score (nSPS) is 16.9. The molecule has 5 heteroatoms. The molecule has 17 heavy (non-hydrogen) atoms. The van der Waals surface area contributed by atoms with Crippen molar-refractivity contribution in [3.63, 3.8) is 0 Å². The number of hydrogen-bond donors (Lipinski definition) is 0. The highest BCUT2D eigenvalue weighted by Crippen LogP contribution is 2.33. The standard InChI is InChI=1S/C12H16O3SSi/c1-17(2,3)9-15-11-5-4-6-12-10(11)7-8-16(12,13)14/h4-8H,9H2,1-3H3. The Bertz CT molecular complexity index is 568. The molecule has 92 valence electrons. The summed E-state index contributed by atoms with van der Waals surface area (Å²) in [6.45, 7) is 6.63. The van der Waals surface area contributed by atoms with Crippen molar-refractivity contribution < 1.29 is 13.2 Å². The minimum atomic E-state index is -3.23. The minimum absolute atomic E-state index is 0.352. The molecule has 0 N–H and O–H groups in total. The van der Waals surface area contributed by atoms with E-state index in [0.717, 1.165) is 0 Å². The van der Waals surface area contributed by atoms with Gasteiger partial charge in [-0.05, 0) is 18.2 Å². The number of hydrogen-bond acceptors (Lipinski definition) is 3. The van der Waals surface area contributed by atoms with Crippen molar-refractivity contribution in [2.75, 3.05) is 6.23 Å². The van der Waals surface area contributed by atoms with Gasteiger partial charge in [-0.15, -0.1) is 0 Å². The van der Waals surface area contributed by atoms with Crippen molar-refractivity contribution in [2.24, 2.45) is 0 Å². The number of fused-ring (bicyclic) bond motifs is 1. The van der Waals surface area contributed by atoms with Crippen LogP contribution in [0.1, 0.15) is 5.56 Å². The van der Waals surface area contributed by atoms with Gasteiger partial charge in [-0.1, -0.05) is 25.7 Å². The van der Waals surface area contributed by atoms with Crippen molar-refractivity contribution in [2.45, 2.75) is 24.5 Å². The molecular formula is C12H16O3SSi. The molecule has 3 nitrogen and oxygen atoms in total. The van der Waals surface area contributed by atoms with Crippen molar-refractivity contribution in [1.29, 1.82) is 0 Å². The molecule has 0 atom stereocenters. The van der Waals surface area contributed by atoms with E-state index in [2.05, 4.69) is 19.6 Å². The molecule has 1 aliphatic heterocycles. The van der Waals surface area contributed by atoms with Crippen LogP contribution in [0.5, 0.6) is 5.75 Å². The monoisotopic (exact) mass is 268 g/mol. The van der Waals surface area contributed by atoms with Crippen molar-refractivity contribution in [1.82, 2.24) is 0 Å². The second-order valence-corrected chi connectivity index (χ2v) is 12.6. The molecule has 0 saturated heterocycles. The van der Waals surface area contributed by atoms with Crippen molar-refractivity contribution in [3.05, 3.63) is 29.2 Å². The van der Waals surface area contributed by atoms with Crippen molar-refractivity contribution >= 4 is 24.0 Å². The van der Waals surface area contributed by atoms with Crippen LogP contribution in [0.15, 0.2) is 28.5 Å². The predicted octanol–water partition coefficient (Wildman–Crippen LogP) is 2.70. The summed E-state index contributed by atoms with van der Waals surface area (Å²) in [5.41, 5.74) is 0.686. The van der Waals surface area contributed by atoms with Gasteiger partial charge in [0.05, 0.1) is 19.2 Å². The average molecular weight is 268 g/mol. The summed E-state index contributed by atoms with van der Waals surface area (Å²) in [6.07, 6.45) is 2.31. The van der Waals surface area contributed by atoms with E-state index in [9.17, 15) is 8.42 Å². The molecular weight excluding hydrogens is 252 g/mol. The SMILES string of the molecule is C[Si](C)(C)COc1cccc2c1C=CS2(=O)=O. The topological polar surface area (TPSA) is 43.4 Å². The van der Waals surface area contributed by atoms with Gasteiger partial charge < -0.3 is 4.74 Å². The summed E-state index contributed by atoms with van der Waals surface area (Å²) in [6, 6.07) is 5.17. The maximum absolute atomic E-state index is 11.7. The first-order valence-corrected chi connectivity index (χ1v) is 10.7. The third-order valence-corrected chi connectivity index (χ3v) is 4.88. The molecule has 0 aliphatic carbocycles. The lowest BCUT2D eigenvalue weighted by Crippen LogP contribution is -2.30. The summed E-state index contributed by atoms with van der Waals surface area (Å²) in [4.78, 5) is 0.352. The Balaban J connectivity index is 2.33. The highest BCUT2D eigenvalue weighted by atomic mass is 32.2. The molecule has 0 spiro atoms. The van der Waals surface area contributed by atoms with Crippen LogP contribution >= 0.6 is 0 Å². The van der Waals surface area contributed by atoms with E-state index in [1.807, 2.05) is 6.07 Å². The average Bonchev–Trinajstić information content (AvgIpc) is 2.52. The predicted molar refractivity (Wildman–Crippen MR) is 71.5 cm³/mol. The van der Waals surface area contributed by atoms with Crippen LogP contribution in [0.4, 0.5) is 0 Å². The molecule has 0 unspecified atom stereocenters. The first-order valence-electron chi connectivity index (χ1n) is 5.49. The number of ether oxygens (including phenoxy) is 1. The Morgan fingerprint density at radius 3 is 2.59 bits per heavy atom. The zero-order valence-corrected chi connectivity index (χ0v) is 12.0. The summed E-state index contributed by atoms with van der Waals surface area (Å²) in [7, 11) is -4.54. The first-order chi connectivity index (χ1) is 7.80. The van der Waals surface area contributed by atoms with E-state index in [-0.39, 0.29) is 0 Å². The Labute approximate surface area is 103 Å². The molecule has 0 bridgehead atoms. The van der Waals surface area contributed by atoms with Gasteiger partial charge in [-0.2, -0.15) is 0 Å². The van der Waals surface area contributed by atoms with E-state index < -0.39 is 17.9 Å². The molecule has 0 radical (unpaired) electrons. The van der Waals surface area contributed by atoms with Crippen LogP contribution in [-0.2, 0) is 9.84 Å². The lowest BCUT2D eigenvalue weighted by molar-refractivity contribution is 0.376. The molecule has 0 fully saturated rings. The molecule has 0 amide bonds. The summed E-state index contributed by atoms with van der Waals surface area (Å²) in [5, 5.41) is 1.24. The fourth-order valence-corrected chi connectivity index (χ4v) is 3.38. The smallest absolute Gasteiger partial charge is 0.200 e. The van der Waals surface area contributed by atoms with E-state index in [1.165, 1.54) is 5.41 Å².